The number of likely N-dealkylation sites (tertiary alicyclic amines) is 1. The molecule has 1 fully saturated rings. The van der Waals surface area contributed by atoms with E-state index in [0.29, 0.717) is 24.7 Å². The average molecular weight is 418 g/mol. The van der Waals surface area contributed by atoms with E-state index in [2.05, 4.69) is 17.2 Å². The normalized spacial score (nSPS) is 14.4. The Morgan fingerprint density at radius 2 is 1.71 bits per heavy atom. The summed E-state index contributed by atoms with van der Waals surface area (Å²) in [5.74, 6) is -0.0660. The van der Waals surface area contributed by atoms with Crippen molar-refractivity contribution in [3.05, 3.63) is 98.0 Å². The fraction of sp³-hybridized carbons (Fsp3) is 0.261. The number of amides is 1. The molecule has 0 radical (unpaired) electrons. The summed E-state index contributed by atoms with van der Waals surface area (Å²) in [6, 6.07) is 17.6. The van der Waals surface area contributed by atoms with Gasteiger partial charge in [-0.3, -0.25) is 19.7 Å². The summed E-state index contributed by atoms with van der Waals surface area (Å²) in [4.78, 5) is 38.2. The van der Waals surface area contributed by atoms with Crippen molar-refractivity contribution >= 4 is 11.6 Å². The molecule has 0 bridgehead atoms. The van der Waals surface area contributed by atoms with Crippen LogP contribution in [-0.2, 0) is 0 Å². The van der Waals surface area contributed by atoms with Crippen molar-refractivity contribution in [2.75, 3.05) is 13.1 Å². The van der Waals surface area contributed by atoms with Gasteiger partial charge in [0.05, 0.1) is 4.92 Å². The molecule has 0 atom stereocenters. The Morgan fingerprint density at radius 3 is 2.39 bits per heavy atom. The third-order valence-corrected chi connectivity index (χ3v) is 5.67. The lowest BCUT2D eigenvalue weighted by atomic mass is 9.89. The molecule has 1 saturated heterocycles. The molecule has 0 spiro atoms. The van der Waals surface area contributed by atoms with Crippen molar-refractivity contribution < 1.29 is 9.72 Å². The topological polar surface area (TPSA) is 98.3 Å². The number of carbonyl (C=O) groups is 1. The zero-order valence-electron chi connectivity index (χ0n) is 17.1. The molecule has 8 nitrogen and oxygen atoms in total. The lowest BCUT2D eigenvalue weighted by Gasteiger charge is -2.32. The predicted octanol–water partition coefficient (Wildman–Crippen LogP) is 3.47. The van der Waals surface area contributed by atoms with Crippen LogP contribution in [-0.4, -0.2) is 38.6 Å². The zero-order valence-corrected chi connectivity index (χ0v) is 17.1. The molecular formula is C23H22N4O4. The van der Waals surface area contributed by atoms with Gasteiger partial charge >= 0.3 is 0 Å². The summed E-state index contributed by atoms with van der Waals surface area (Å²) in [6.45, 7) is 2.68. The molecule has 1 amide bonds. The minimum atomic E-state index is -0.510. The molecule has 8 heteroatoms. The van der Waals surface area contributed by atoms with Crippen molar-refractivity contribution in [3.63, 3.8) is 0 Å². The maximum absolute atomic E-state index is 13.1. The number of piperidine rings is 1. The predicted molar refractivity (Wildman–Crippen MR) is 116 cm³/mol. The molecule has 4 rings (SSSR count). The smallest absolute Gasteiger partial charge is 0.294 e. The lowest BCUT2D eigenvalue weighted by Crippen LogP contribution is -2.41. The average Bonchev–Trinajstić information content (AvgIpc) is 2.79. The van der Waals surface area contributed by atoms with E-state index in [4.69, 9.17) is 0 Å². The number of nitrogens with zero attached hydrogens (tertiary/aromatic N) is 4. The molecule has 2 aromatic carbocycles. The summed E-state index contributed by atoms with van der Waals surface area (Å²) in [5, 5.41) is 15.7. The van der Waals surface area contributed by atoms with Gasteiger partial charge in [-0.2, -0.15) is 5.10 Å². The molecule has 1 aliphatic rings. The first kappa shape index (κ1) is 20.5. The van der Waals surface area contributed by atoms with Crippen LogP contribution >= 0.6 is 0 Å². The van der Waals surface area contributed by atoms with Crippen molar-refractivity contribution in [1.29, 1.82) is 0 Å². The van der Waals surface area contributed by atoms with Crippen molar-refractivity contribution in [2.24, 2.45) is 0 Å². The highest BCUT2D eigenvalue weighted by atomic mass is 16.6. The van der Waals surface area contributed by atoms with Gasteiger partial charge in [-0.15, -0.1) is 0 Å². The number of nitro benzene ring substituents is 1. The van der Waals surface area contributed by atoms with Crippen LogP contribution in [0.2, 0.25) is 0 Å². The number of aromatic nitrogens is 2. The molecule has 0 unspecified atom stereocenters. The van der Waals surface area contributed by atoms with Crippen molar-refractivity contribution in [2.45, 2.75) is 25.7 Å². The number of nitro groups is 1. The molecule has 0 saturated carbocycles. The number of hydrogen-bond donors (Lipinski definition) is 0. The van der Waals surface area contributed by atoms with E-state index >= 15 is 0 Å². The number of carbonyl (C=O) groups excluding carboxylic acids is 1. The van der Waals surface area contributed by atoms with Crippen LogP contribution in [0.25, 0.3) is 5.69 Å². The van der Waals surface area contributed by atoms with Gasteiger partial charge in [0.1, 0.15) is 5.69 Å². The van der Waals surface area contributed by atoms with Gasteiger partial charge in [-0.05, 0) is 37.3 Å². The van der Waals surface area contributed by atoms with Gasteiger partial charge in [0.15, 0.2) is 5.69 Å². The van der Waals surface area contributed by atoms with Crippen LogP contribution in [0, 0.1) is 17.0 Å². The Bertz CT molecular complexity index is 1180. The Hall–Kier alpha value is -3.81. The second-order valence-electron chi connectivity index (χ2n) is 7.63. The largest absolute Gasteiger partial charge is 0.337 e. The maximum atomic E-state index is 13.1. The maximum Gasteiger partial charge on any atom is 0.294 e. The highest BCUT2D eigenvalue weighted by molar-refractivity contribution is 5.92. The van der Waals surface area contributed by atoms with Gasteiger partial charge < -0.3 is 4.90 Å². The van der Waals surface area contributed by atoms with Crippen LogP contribution < -0.4 is 5.43 Å². The number of hydrogen-bond acceptors (Lipinski definition) is 5. The second kappa shape index (κ2) is 8.51. The van der Waals surface area contributed by atoms with E-state index in [0.717, 1.165) is 12.8 Å². The Balaban J connectivity index is 1.61. The molecule has 158 valence electrons. The van der Waals surface area contributed by atoms with Crippen molar-refractivity contribution in [1.82, 2.24) is 14.7 Å². The van der Waals surface area contributed by atoms with Crippen LogP contribution in [0.15, 0.2) is 65.5 Å². The van der Waals surface area contributed by atoms with Gasteiger partial charge in [0, 0.05) is 30.9 Å². The fourth-order valence-corrected chi connectivity index (χ4v) is 4.03. The fourth-order valence-electron chi connectivity index (χ4n) is 4.03. The molecule has 3 aromatic rings. The summed E-state index contributed by atoms with van der Waals surface area (Å²) in [7, 11) is 0. The van der Waals surface area contributed by atoms with Gasteiger partial charge in [0.25, 0.3) is 11.6 Å². The number of para-hydroxylation sites is 2. The summed E-state index contributed by atoms with van der Waals surface area (Å²) >= 11 is 0. The summed E-state index contributed by atoms with van der Waals surface area (Å²) in [5.41, 5.74) is 1.02. The molecule has 31 heavy (non-hydrogen) atoms. The van der Waals surface area contributed by atoms with Gasteiger partial charge in [-0.25, -0.2) is 4.68 Å². The molecule has 1 aliphatic heterocycles. The minimum absolute atomic E-state index is 0.149. The van der Waals surface area contributed by atoms with Gasteiger partial charge in [0.2, 0.25) is 5.43 Å². The zero-order chi connectivity index (χ0) is 22.0. The van der Waals surface area contributed by atoms with E-state index in [1.54, 1.807) is 30.0 Å². The number of benzene rings is 2. The summed E-state index contributed by atoms with van der Waals surface area (Å²) < 4.78 is 1.30. The van der Waals surface area contributed by atoms with Crippen LogP contribution in [0.5, 0.6) is 0 Å². The van der Waals surface area contributed by atoms with E-state index in [-0.39, 0.29) is 17.1 Å². The standard InChI is InChI=1S/C23H22N4O4/c1-16-15-21(28)22(24-26(16)19-9-5-6-10-20(19)27(30)31)23(29)25-13-11-18(12-14-25)17-7-3-2-4-8-17/h2-10,15,18H,11-14H2,1H3. The third-order valence-electron chi connectivity index (χ3n) is 5.67. The SMILES string of the molecule is Cc1cc(=O)c(C(=O)N2CCC(c3ccccc3)CC2)nn1-c1ccccc1[N+](=O)[O-]. The highest BCUT2D eigenvalue weighted by Crippen LogP contribution is 2.28. The van der Waals surface area contributed by atoms with Crippen LogP contribution in [0.3, 0.4) is 0 Å². The van der Waals surface area contributed by atoms with Crippen LogP contribution in [0.1, 0.15) is 40.5 Å². The molecule has 0 N–H and O–H groups in total. The van der Waals surface area contributed by atoms with E-state index in [9.17, 15) is 19.7 Å². The lowest BCUT2D eigenvalue weighted by molar-refractivity contribution is -0.384. The Labute approximate surface area is 178 Å². The monoisotopic (exact) mass is 418 g/mol. The Kier molecular flexibility index (Phi) is 5.62. The second-order valence-corrected chi connectivity index (χ2v) is 7.63. The van der Waals surface area contributed by atoms with E-state index < -0.39 is 16.3 Å². The van der Waals surface area contributed by atoms with E-state index in [1.807, 2.05) is 18.2 Å². The quantitative estimate of drug-likeness (QED) is 0.477. The van der Waals surface area contributed by atoms with Gasteiger partial charge in [-0.1, -0.05) is 42.5 Å². The van der Waals surface area contributed by atoms with Crippen molar-refractivity contribution in [3.8, 4) is 5.69 Å². The highest BCUT2D eigenvalue weighted by Gasteiger charge is 2.28. The first-order chi connectivity index (χ1) is 15.0. The Morgan fingerprint density at radius 1 is 1.06 bits per heavy atom. The molecular weight excluding hydrogens is 396 g/mol. The summed E-state index contributed by atoms with van der Waals surface area (Å²) in [6.07, 6.45) is 1.61. The number of aryl methyl sites for hydroxylation is 1. The molecule has 0 aliphatic carbocycles. The number of rotatable bonds is 4. The molecule has 1 aromatic heterocycles. The van der Waals surface area contributed by atoms with E-state index in [1.165, 1.54) is 22.4 Å². The van der Waals surface area contributed by atoms with Crippen LogP contribution in [0.4, 0.5) is 5.69 Å². The molecule has 2 heterocycles. The first-order valence-corrected chi connectivity index (χ1v) is 10.1. The third kappa shape index (κ3) is 4.09. The first-order valence-electron chi connectivity index (χ1n) is 10.1. The minimum Gasteiger partial charge on any atom is -0.337 e.